The molecule has 5 nitrogen and oxygen atoms in total. The minimum absolute atomic E-state index is 0.0321. The van der Waals surface area contributed by atoms with Gasteiger partial charge in [0.1, 0.15) is 11.9 Å². The van der Waals surface area contributed by atoms with Crippen LogP contribution in [0.3, 0.4) is 0 Å². The van der Waals surface area contributed by atoms with Gasteiger partial charge in [-0.1, -0.05) is 32.9 Å². The number of rotatable bonds is 7. The van der Waals surface area contributed by atoms with E-state index in [2.05, 4.69) is 17.6 Å². The number of amides is 2. The Bertz CT molecular complexity index is 613. The maximum absolute atomic E-state index is 13.8. The van der Waals surface area contributed by atoms with E-state index in [0.29, 0.717) is 19.0 Å². The average Bonchev–Trinajstić information content (AvgIpc) is 2.64. The van der Waals surface area contributed by atoms with Crippen LogP contribution in [0.25, 0.3) is 0 Å². The molecule has 1 aliphatic heterocycles. The number of nitrogens with one attached hydrogen (secondary N) is 2. The second kappa shape index (κ2) is 9.67. The van der Waals surface area contributed by atoms with E-state index in [4.69, 9.17) is 0 Å². The molecule has 1 fully saturated rings. The van der Waals surface area contributed by atoms with Crippen LogP contribution in [-0.4, -0.2) is 48.9 Å². The van der Waals surface area contributed by atoms with Crippen molar-refractivity contribution < 1.29 is 14.0 Å². The summed E-state index contributed by atoms with van der Waals surface area (Å²) in [5.74, 6) is -0.685. The number of benzene rings is 1. The summed E-state index contributed by atoms with van der Waals surface area (Å²) in [5, 5.41) is 6.09. The molecular formula is C20H30FN3O2. The van der Waals surface area contributed by atoms with Gasteiger partial charge in [-0.3, -0.25) is 9.59 Å². The summed E-state index contributed by atoms with van der Waals surface area (Å²) in [7, 11) is 0. The molecule has 6 heteroatoms. The molecule has 0 radical (unpaired) electrons. The molecule has 1 aromatic rings. The van der Waals surface area contributed by atoms with Gasteiger partial charge < -0.3 is 15.5 Å². The van der Waals surface area contributed by atoms with Gasteiger partial charge in [0.2, 0.25) is 5.91 Å². The lowest BCUT2D eigenvalue weighted by atomic mass is 9.95. The van der Waals surface area contributed by atoms with Gasteiger partial charge in [0.15, 0.2) is 0 Å². The Morgan fingerprint density at radius 1 is 1.23 bits per heavy atom. The fraction of sp³-hybridized carbons (Fsp3) is 0.600. The summed E-state index contributed by atoms with van der Waals surface area (Å²) in [6.45, 7) is 9.21. The van der Waals surface area contributed by atoms with Crippen molar-refractivity contribution >= 4 is 11.8 Å². The van der Waals surface area contributed by atoms with Crippen molar-refractivity contribution in [3.63, 3.8) is 0 Å². The molecule has 2 N–H and O–H groups in total. The molecule has 1 atom stereocenters. The van der Waals surface area contributed by atoms with Gasteiger partial charge in [0, 0.05) is 13.1 Å². The SMILES string of the molecule is CCNCC1CCN(C(=O)C(NC(=O)c2ccccc2F)C(C)C)CC1. The van der Waals surface area contributed by atoms with Crippen LogP contribution in [0.2, 0.25) is 0 Å². The Kier molecular flexibility index (Phi) is 7.57. The molecule has 1 saturated heterocycles. The Balaban J connectivity index is 1.98. The molecule has 1 aromatic carbocycles. The predicted molar refractivity (Wildman–Crippen MR) is 100 cm³/mol. The molecule has 0 bridgehead atoms. The molecule has 144 valence electrons. The van der Waals surface area contributed by atoms with Crippen LogP contribution in [0.15, 0.2) is 24.3 Å². The van der Waals surface area contributed by atoms with Crippen LogP contribution in [0, 0.1) is 17.7 Å². The molecule has 0 aromatic heterocycles. The number of hydrogen-bond acceptors (Lipinski definition) is 3. The summed E-state index contributed by atoms with van der Waals surface area (Å²) in [5.41, 5.74) is -0.0321. The fourth-order valence-corrected chi connectivity index (χ4v) is 3.28. The van der Waals surface area contributed by atoms with E-state index in [-0.39, 0.29) is 17.4 Å². The molecule has 0 saturated carbocycles. The van der Waals surface area contributed by atoms with E-state index >= 15 is 0 Å². The number of likely N-dealkylation sites (tertiary alicyclic amines) is 1. The number of nitrogens with zero attached hydrogens (tertiary/aromatic N) is 1. The van der Waals surface area contributed by atoms with Crippen molar-refractivity contribution in [1.29, 1.82) is 0 Å². The quantitative estimate of drug-likeness (QED) is 0.782. The number of carbonyl (C=O) groups is 2. The largest absolute Gasteiger partial charge is 0.341 e. The summed E-state index contributed by atoms with van der Waals surface area (Å²) >= 11 is 0. The maximum Gasteiger partial charge on any atom is 0.254 e. The van der Waals surface area contributed by atoms with E-state index in [1.54, 1.807) is 6.07 Å². The highest BCUT2D eigenvalue weighted by Gasteiger charge is 2.31. The normalized spacial score (nSPS) is 16.6. The first kappa shape index (κ1) is 20.4. The van der Waals surface area contributed by atoms with Crippen molar-refractivity contribution in [2.75, 3.05) is 26.2 Å². The Morgan fingerprint density at radius 2 is 1.88 bits per heavy atom. The Morgan fingerprint density at radius 3 is 2.46 bits per heavy atom. The molecule has 2 amide bonds. The van der Waals surface area contributed by atoms with Crippen LogP contribution < -0.4 is 10.6 Å². The van der Waals surface area contributed by atoms with Crippen molar-refractivity contribution in [3.05, 3.63) is 35.6 Å². The second-order valence-corrected chi connectivity index (χ2v) is 7.25. The highest BCUT2D eigenvalue weighted by Crippen LogP contribution is 2.19. The van der Waals surface area contributed by atoms with E-state index in [1.165, 1.54) is 18.2 Å². The molecule has 0 spiro atoms. The number of carbonyl (C=O) groups excluding carboxylic acids is 2. The molecule has 1 aliphatic rings. The third-order valence-corrected chi connectivity index (χ3v) is 4.95. The van der Waals surface area contributed by atoms with Crippen molar-refractivity contribution in [1.82, 2.24) is 15.5 Å². The smallest absolute Gasteiger partial charge is 0.254 e. The number of piperidine rings is 1. The lowest BCUT2D eigenvalue weighted by Crippen LogP contribution is -2.53. The van der Waals surface area contributed by atoms with Crippen LogP contribution in [0.5, 0.6) is 0 Å². The lowest BCUT2D eigenvalue weighted by molar-refractivity contribution is -0.135. The van der Waals surface area contributed by atoms with Crippen LogP contribution in [-0.2, 0) is 4.79 Å². The Labute approximate surface area is 155 Å². The van der Waals surface area contributed by atoms with Gasteiger partial charge in [-0.05, 0) is 49.9 Å². The monoisotopic (exact) mass is 363 g/mol. The highest BCUT2D eigenvalue weighted by atomic mass is 19.1. The van der Waals surface area contributed by atoms with Crippen molar-refractivity contribution in [2.24, 2.45) is 11.8 Å². The minimum Gasteiger partial charge on any atom is -0.341 e. The third kappa shape index (κ3) is 5.27. The van der Waals surface area contributed by atoms with Crippen LogP contribution >= 0.6 is 0 Å². The number of halogens is 1. The highest BCUT2D eigenvalue weighted by molar-refractivity contribution is 5.97. The molecule has 0 aliphatic carbocycles. The zero-order valence-electron chi connectivity index (χ0n) is 15.9. The zero-order chi connectivity index (χ0) is 19.1. The molecule has 1 heterocycles. The lowest BCUT2D eigenvalue weighted by Gasteiger charge is -2.35. The first-order valence-corrected chi connectivity index (χ1v) is 9.48. The second-order valence-electron chi connectivity index (χ2n) is 7.25. The summed E-state index contributed by atoms with van der Waals surface area (Å²) in [6, 6.07) is 5.18. The van der Waals surface area contributed by atoms with Crippen molar-refractivity contribution in [3.8, 4) is 0 Å². The van der Waals surface area contributed by atoms with Crippen LogP contribution in [0.1, 0.15) is 44.0 Å². The standard InChI is InChI=1S/C20H30FN3O2/c1-4-22-13-15-9-11-24(12-10-15)20(26)18(14(2)3)23-19(25)16-7-5-6-8-17(16)21/h5-8,14-15,18,22H,4,9-13H2,1-3H3,(H,23,25). The van der Waals surface area contributed by atoms with Gasteiger partial charge >= 0.3 is 0 Å². The third-order valence-electron chi connectivity index (χ3n) is 4.95. The van der Waals surface area contributed by atoms with E-state index < -0.39 is 17.8 Å². The average molecular weight is 363 g/mol. The zero-order valence-corrected chi connectivity index (χ0v) is 15.9. The van der Waals surface area contributed by atoms with Gasteiger partial charge in [0.05, 0.1) is 5.56 Å². The minimum atomic E-state index is -0.646. The molecule has 26 heavy (non-hydrogen) atoms. The fourth-order valence-electron chi connectivity index (χ4n) is 3.28. The number of hydrogen-bond donors (Lipinski definition) is 2. The Hall–Kier alpha value is -1.95. The van der Waals surface area contributed by atoms with Gasteiger partial charge in [-0.25, -0.2) is 4.39 Å². The molecular weight excluding hydrogens is 333 g/mol. The molecule has 2 rings (SSSR count). The van der Waals surface area contributed by atoms with Crippen LogP contribution in [0.4, 0.5) is 4.39 Å². The maximum atomic E-state index is 13.8. The summed E-state index contributed by atoms with van der Waals surface area (Å²) in [6.07, 6.45) is 1.93. The first-order valence-electron chi connectivity index (χ1n) is 9.48. The first-order chi connectivity index (χ1) is 12.4. The van der Waals surface area contributed by atoms with E-state index in [1.807, 2.05) is 18.7 Å². The van der Waals surface area contributed by atoms with Crippen molar-refractivity contribution in [2.45, 2.75) is 39.7 Å². The molecule has 1 unspecified atom stereocenters. The van der Waals surface area contributed by atoms with E-state index in [9.17, 15) is 14.0 Å². The van der Waals surface area contributed by atoms with Gasteiger partial charge in [0.25, 0.3) is 5.91 Å². The predicted octanol–water partition coefficient (Wildman–Crippen LogP) is 2.43. The summed E-state index contributed by atoms with van der Waals surface area (Å²) < 4.78 is 13.8. The van der Waals surface area contributed by atoms with E-state index in [0.717, 1.165) is 25.9 Å². The van der Waals surface area contributed by atoms with Gasteiger partial charge in [-0.2, -0.15) is 0 Å². The van der Waals surface area contributed by atoms with Gasteiger partial charge in [-0.15, -0.1) is 0 Å². The summed E-state index contributed by atoms with van der Waals surface area (Å²) in [4.78, 5) is 27.1. The topological polar surface area (TPSA) is 61.4 Å².